The second-order valence-corrected chi connectivity index (χ2v) is 6.78. The Hall–Kier alpha value is -1.96. The van der Waals surface area contributed by atoms with Gasteiger partial charge in [-0.05, 0) is 24.5 Å². The predicted molar refractivity (Wildman–Crippen MR) is 88.2 cm³/mol. The summed E-state index contributed by atoms with van der Waals surface area (Å²) in [7, 11) is 0. The zero-order valence-corrected chi connectivity index (χ0v) is 14.8. The molecule has 0 aliphatic carbocycles. The largest absolute Gasteiger partial charge is 0.345 e. The van der Waals surface area contributed by atoms with E-state index in [1.54, 1.807) is 4.80 Å². The lowest BCUT2D eigenvalue weighted by molar-refractivity contribution is -0.139. The lowest BCUT2D eigenvalue weighted by Gasteiger charge is -2.29. The SMILES string of the molecule is O=C(NOC[C@@H]1C[C@@H](n2ncnn2)CN1)C1CCC2CN1C(=O)N2OS. The highest BCUT2D eigenvalue weighted by Crippen LogP contribution is 2.30. The third-order valence-electron chi connectivity index (χ3n) is 5.06. The van der Waals surface area contributed by atoms with Crippen LogP contribution in [-0.2, 0) is 13.9 Å². The van der Waals surface area contributed by atoms with Crippen molar-refractivity contribution in [2.75, 3.05) is 19.7 Å². The molecule has 2 unspecified atom stereocenters. The van der Waals surface area contributed by atoms with Gasteiger partial charge >= 0.3 is 6.03 Å². The van der Waals surface area contributed by atoms with Crippen molar-refractivity contribution in [3.05, 3.63) is 6.33 Å². The summed E-state index contributed by atoms with van der Waals surface area (Å²) in [5.41, 5.74) is 2.46. The Morgan fingerprint density at radius 2 is 2.31 bits per heavy atom. The van der Waals surface area contributed by atoms with E-state index in [2.05, 4.69) is 39.1 Å². The summed E-state index contributed by atoms with van der Waals surface area (Å²) in [6.45, 7) is 1.48. The Kier molecular flexibility index (Phi) is 4.93. The van der Waals surface area contributed by atoms with Crippen molar-refractivity contribution >= 4 is 24.8 Å². The molecule has 3 aliphatic rings. The van der Waals surface area contributed by atoms with Crippen molar-refractivity contribution in [3.8, 4) is 0 Å². The van der Waals surface area contributed by atoms with Crippen LogP contribution in [0.3, 0.4) is 0 Å². The number of thiol groups is 1. The molecule has 26 heavy (non-hydrogen) atoms. The van der Waals surface area contributed by atoms with Gasteiger partial charge in [0.05, 0.1) is 18.7 Å². The van der Waals surface area contributed by atoms with Gasteiger partial charge in [0.25, 0.3) is 5.91 Å². The first-order valence-corrected chi connectivity index (χ1v) is 8.82. The number of hydrogen-bond donors (Lipinski definition) is 3. The maximum Gasteiger partial charge on any atom is 0.345 e. The van der Waals surface area contributed by atoms with Crippen LogP contribution < -0.4 is 10.8 Å². The minimum atomic E-state index is -0.559. The molecule has 0 aromatic carbocycles. The van der Waals surface area contributed by atoms with Gasteiger partial charge in [-0.3, -0.25) is 9.63 Å². The molecule has 2 N–H and O–H groups in total. The molecule has 4 rings (SSSR count). The number of fused-ring (bicyclic) bond motifs is 2. The first kappa shape index (κ1) is 17.5. The molecule has 142 valence electrons. The van der Waals surface area contributed by atoms with Gasteiger partial charge in [-0.2, -0.15) is 9.86 Å². The standard InChI is InChI=1S/C13H20N8O4S/c22-12(11-2-1-9-5-19(11)13(23)20(9)25-26)17-24-6-8-3-10(4-14-8)21-16-7-15-18-21/h7-11,14,26H,1-6H2,(H,17,22)/t8-,9?,10+,11?/m0/s1. The fourth-order valence-corrected chi connectivity index (χ4v) is 3.94. The van der Waals surface area contributed by atoms with E-state index in [0.717, 1.165) is 6.42 Å². The van der Waals surface area contributed by atoms with Crippen molar-refractivity contribution in [2.24, 2.45) is 0 Å². The maximum atomic E-state index is 12.4. The molecule has 2 bridgehead atoms. The summed E-state index contributed by atoms with van der Waals surface area (Å²) in [5, 5.41) is 16.1. The average molecular weight is 384 g/mol. The highest BCUT2D eigenvalue weighted by Gasteiger charge is 2.48. The number of piperidine rings is 1. The second-order valence-electron chi connectivity index (χ2n) is 6.62. The Labute approximate surface area is 154 Å². The molecule has 4 heterocycles. The number of carbonyl (C=O) groups excluding carboxylic acids is 2. The molecular formula is C13H20N8O4S. The van der Waals surface area contributed by atoms with Gasteiger partial charge < -0.3 is 10.2 Å². The number of nitrogens with zero attached hydrogens (tertiary/aromatic N) is 6. The highest BCUT2D eigenvalue weighted by atomic mass is 32.1. The summed E-state index contributed by atoms with van der Waals surface area (Å²) in [4.78, 5) is 33.0. The monoisotopic (exact) mass is 384 g/mol. The molecular weight excluding hydrogens is 364 g/mol. The fourth-order valence-electron chi connectivity index (χ4n) is 3.74. The van der Waals surface area contributed by atoms with E-state index in [9.17, 15) is 9.59 Å². The molecule has 0 spiro atoms. The van der Waals surface area contributed by atoms with Gasteiger partial charge in [0.2, 0.25) is 0 Å². The molecule has 1 aromatic rings. The third kappa shape index (κ3) is 3.22. The number of nitrogens with one attached hydrogen (secondary N) is 2. The Balaban J connectivity index is 1.23. The number of urea groups is 1. The molecule has 12 nitrogen and oxygen atoms in total. The summed E-state index contributed by atoms with van der Waals surface area (Å²) in [6.07, 6.45) is 3.41. The number of carbonyl (C=O) groups is 2. The van der Waals surface area contributed by atoms with Crippen molar-refractivity contribution in [1.82, 2.24) is 41.0 Å². The smallest absolute Gasteiger partial charge is 0.309 e. The van der Waals surface area contributed by atoms with Crippen LogP contribution in [0.1, 0.15) is 25.3 Å². The van der Waals surface area contributed by atoms with Crippen molar-refractivity contribution in [2.45, 2.75) is 43.4 Å². The van der Waals surface area contributed by atoms with Gasteiger partial charge in [0, 0.05) is 32.0 Å². The first-order valence-electron chi connectivity index (χ1n) is 8.46. The van der Waals surface area contributed by atoms with Crippen LogP contribution in [0.15, 0.2) is 6.33 Å². The van der Waals surface area contributed by atoms with Crippen LogP contribution in [-0.4, -0.2) is 79.9 Å². The quantitative estimate of drug-likeness (QED) is 0.313. The Morgan fingerprint density at radius 1 is 1.42 bits per heavy atom. The lowest BCUT2D eigenvalue weighted by Crippen LogP contribution is -2.50. The summed E-state index contributed by atoms with van der Waals surface area (Å²) in [5.74, 6) is -0.328. The van der Waals surface area contributed by atoms with Crippen molar-refractivity contribution in [1.29, 1.82) is 0 Å². The summed E-state index contributed by atoms with van der Waals surface area (Å²) >= 11 is 3.71. The van der Waals surface area contributed by atoms with Gasteiger partial charge in [-0.25, -0.2) is 14.6 Å². The van der Waals surface area contributed by atoms with E-state index < -0.39 is 6.04 Å². The molecule has 0 radical (unpaired) electrons. The third-order valence-corrected chi connectivity index (χ3v) is 5.24. The number of hydroxylamine groups is 3. The molecule has 3 amide bonds. The zero-order chi connectivity index (χ0) is 18.1. The maximum absolute atomic E-state index is 12.4. The summed E-state index contributed by atoms with van der Waals surface area (Å²) in [6, 6.07) is -0.774. The number of tetrazole rings is 1. The molecule has 0 saturated carbocycles. The minimum Gasteiger partial charge on any atom is -0.309 e. The van der Waals surface area contributed by atoms with Gasteiger partial charge in [-0.15, -0.1) is 10.2 Å². The number of hydrogen-bond acceptors (Lipinski definition) is 9. The van der Waals surface area contributed by atoms with Crippen LogP contribution in [0.2, 0.25) is 0 Å². The van der Waals surface area contributed by atoms with Crippen LogP contribution in [0, 0.1) is 0 Å². The Morgan fingerprint density at radius 3 is 3.08 bits per heavy atom. The lowest BCUT2D eigenvalue weighted by atomic mass is 10.0. The second kappa shape index (κ2) is 7.34. The molecule has 3 aliphatic heterocycles. The van der Waals surface area contributed by atoms with Crippen molar-refractivity contribution < 1.29 is 18.7 Å². The van der Waals surface area contributed by atoms with Crippen LogP contribution >= 0.6 is 12.9 Å². The zero-order valence-electron chi connectivity index (χ0n) is 13.9. The molecule has 3 fully saturated rings. The van der Waals surface area contributed by atoms with Gasteiger partial charge in [0.15, 0.2) is 6.33 Å². The number of amides is 3. The minimum absolute atomic E-state index is 0.0602. The van der Waals surface area contributed by atoms with E-state index >= 15 is 0 Å². The van der Waals surface area contributed by atoms with Gasteiger partial charge in [-0.1, -0.05) is 0 Å². The van der Waals surface area contributed by atoms with Gasteiger partial charge in [0.1, 0.15) is 6.04 Å². The van der Waals surface area contributed by atoms with E-state index in [-0.39, 0.29) is 30.1 Å². The van der Waals surface area contributed by atoms with E-state index in [4.69, 9.17) is 9.12 Å². The number of rotatable bonds is 6. The van der Waals surface area contributed by atoms with Crippen LogP contribution in [0.5, 0.6) is 0 Å². The molecule has 4 atom stereocenters. The topological polar surface area (TPSA) is 127 Å². The average Bonchev–Trinajstić information content (AvgIpc) is 3.37. The van der Waals surface area contributed by atoms with Crippen LogP contribution in [0.25, 0.3) is 0 Å². The number of aromatic nitrogens is 4. The van der Waals surface area contributed by atoms with Crippen molar-refractivity contribution in [3.63, 3.8) is 0 Å². The molecule has 1 aromatic heterocycles. The first-order chi connectivity index (χ1) is 12.7. The Bertz CT molecular complexity index is 661. The highest BCUT2D eigenvalue weighted by molar-refractivity contribution is 7.75. The molecule has 13 heteroatoms. The fraction of sp³-hybridized carbons (Fsp3) is 0.769. The van der Waals surface area contributed by atoms with E-state index in [1.165, 1.54) is 16.3 Å². The predicted octanol–water partition coefficient (Wildman–Crippen LogP) is -1.33. The van der Waals surface area contributed by atoms with Crippen LogP contribution in [0.4, 0.5) is 4.79 Å². The van der Waals surface area contributed by atoms with E-state index in [0.29, 0.717) is 32.5 Å². The summed E-state index contributed by atoms with van der Waals surface area (Å²) < 4.78 is 4.80. The molecule has 3 saturated heterocycles. The normalized spacial score (nSPS) is 30.9. The van der Waals surface area contributed by atoms with E-state index in [1.807, 2.05) is 0 Å².